The van der Waals surface area contributed by atoms with Crippen molar-refractivity contribution in [2.75, 3.05) is 18.0 Å². The van der Waals surface area contributed by atoms with Crippen molar-refractivity contribution < 1.29 is 0 Å². The molecule has 2 aliphatic rings. The molecule has 1 aliphatic carbocycles. The summed E-state index contributed by atoms with van der Waals surface area (Å²) in [6, 6.07) is 10.4. The first-order valence-corrected chi connectivity index (χ1v) is 11.6. The fourth-order valence-electron chi connectivity index (χ4n) is 5.20. The van der Waals surface area contributed by atoms with E-state index >= 15 is 0 Å². The van der Waals surface area contributed by atoms with Crippen LogP contribution in [0.3, 0.4) is 0 Å². The van der Waals surface area contributed by atoms with Gasteiger partial charge in [0.2, 0.25) is 5.95 Å². The number of fused-ring (bicyclic) bond motifs is 1. The molecule has 1 aromatic carbocycles. The van der Waals surface area contributed by atoms with Crippen LogP contribution in [0, 0.1) is 5.92 Å². The Morgan fingerprint density at radius 2 is 1.84 bits per heavy atom. The second-order valence-corrected chi connectivity index (χ2v) is 9.25. The minimum atomic E-state index is -0.00557. The number of imidazole rings is 1. The molecule has 7 heteroatoms. The third-order valence-corrected chi connectivity index (χ3v) is 6.93. The number of nitrogens with zero attached hydrogens (tertiary/aromatic N) is 5. The molecule has 1 saturated heterocycles. The largest absolute Gasteiger partial charge is 0.341 e. The third-order valence-electron chi connectivity index (χ3n) is 6.93. The van der Waals surface area contributed by atoms with Crippen molar-refractivity contribution in [3.8, 4) is 0 Å². The summed E-state index contributed by atoms with van der Waals surface area (Å²) in [4.78, 5) is 25.6. The van der Waals surface area contributed by atoms with Crippen LogP contribution in [0.25, 0.3) is 11.2 Å². The van der Waals surface area contributed by atoms with Gasteiger partial charge in [-0.1, -0.05) is 56.0 Å². The Morgan fingerprint density at radius 1 is 1.06 bits per heavy atom. The summed E-state index contributed by atoms with van der Waals surface area (Å²) >= 11 is 0. The summed E-state index contributed by atoms with van der Waals surface area (Å²) in [5.41, 5.74) is 8.57. The van der Waals surface area contributed by atoms with E-state index in [1.54, 1.807) is 4.57 Å². The lowest BCUT2D eigenvalue weighted by molar-refractivity contribution is 0.495. The Balaban J connectivity index is 1.62. The van der Waals surface area contributed by atoms with Crippen LogP contribution >= 0.6 is 0 Å². The van der Waals surface area contributed by atoms with E-state index < -0.39 is 0 Å². The first-order valence-electron chi connectivity index (χ1n) is 11.6. The van der Waals surface area contributed by atoms with Crippen molar-refractivity contribution in [2.24, 2.45) is 18.7 Å². The Morgan fingerprint density at radius 3 is 2.58 bits per heavy atom. The molecular formula is C24H32N6O. The highest BCUT2D eigenvalue weighted by Crippen LogP contribution is 2.28. The predicted molar refractivity (Wildman–Crippen MR) is 123 cm³/mol. The van der Waals surface area contributed by atoms with Crippen LogP contribution in [0.4, 0.5) is 5.95 Å². The van der Waals surface area contributed by atoms with E-state index in [9.17, 15) is 4.79 Å². The summed E-state index contributed by atoms with van der Waals surface area (Å²) < 4.78 is 3.80. The Bertz CT molecular complexity index is 1110. The molecule has 3 heterocycles. The monoisotopic (exact) mass is 420 g/mol. The van der Waals surface area contributed by atoms with Crippen LogP contribution in [-0.4, -0.2) is 38.2 Å². The normalized spacial score (nSPS) is 20.1. The zero-order valence-electron chi connectivity index (χ0n) is 18.3. The number of hydrogen-bond donors (Lipinski definition) is 1. The number of benzene rings is 1. The summed E-state index contributed by atoms with van der Waals surface area (Å²) in [5, 5.41) is 0. The number of aromatic nitrogens is 4. The molecule has 164 valence electrons. The predicted octanol–water partition coefficient (Wildman–Crippen LogP) is 2.84. The van der Waals surface area contributed by atoms with Crippen molar-refractivity contribution in [1.29, 1.82) is 0 Å². The molecule has 2 aromatic heterocycles. The summed E-state index contributed by atoms with van der Waals surface area (Å²) in [6.45, 7) is 2.26. The number of piperidine rings is 1. The minimum absolute atomic E-state index is 0.00557. The van der Waals surface area contributed by atoms with Crippen molar-refractivity contribution in [2.45, 2.75) is 57.5 Å². The molecule has 1 unspecified atom stereocenters. The van der Waals surface area contributed by atoms with Crippen LogP contribution in [0.5, 0.6) is 0 Å². The fraction of sp³-hybridized carbons (Fsp3) is 0.542. The van der Waals surface area contributed by atoms with Gasteiger partial charge in [0.05, 0.1) is 6.54 Å². The van der Waals surface area contributed by atoms with E-state index in [0.29, 0.717) is 23.6 Å². The van der Waals surface area contributed by atoms with Gasteiger partial charge >= 0.3 is 0 Å². The molecular weight excluding hydrogens is 388 g/mol. The maximum Gasteiger partial charge on any atom is 0.279 e. The van der Waals surface area contributed by atoms with Gasteiger partial charge in [0.1, 0.15) is 5.82 Å². The van der Waals surface area contributed by atoms with E-state index in [1.165, 1.54) is 25.7 Å². The van der Waals surface area contributed by atoms with Crippen molar-refractivity contribution in [3.63, 3.8) is 0 Å². The fourth-order valence-corrected chi connectivity index (χ4v) is 5.20. The lowest BCUT2D eigenvalue weighted by Crippen LogP contribution is -2.44. The molecule has 5 rings (SSSR count). The van der Waals surface area contributed by atoms with E-state index in [2.05, 4.69) is 21.6 Å². The van der Waals surface area contributed by atoms with Gasteiger partial charge in [-0.2, -0.15) is 4.98 Å². The van der Waals surface area contributed by atoms with Gasteiger partial charge in [-0.15, -0.1) is 0 Å². The molecule has 0 radical (unpaired) electrons. The van der Waals surface area contributed by atoms with Gasteiger partial charge in [0.25, 0.3) is 5.56 Å². The Kier molecular flexibility index (Phi) is 5.52. The summed E-state index contributed by atoms with van der Waals surface area (Å²) in [7, 11) is 1.86. The van der Waals surface area contributed by atoms with E-state index in [1.807, 2.05) is 25.2 Å². The number of rotatable bonds is 5. The lowest BCUT2D eigenvalue weighted by atomic mass is 10.0. The molecule has 2 fully saturated rings. The standard InChI is InChI=1S/C24H32N6O/c1-28-20(14-17-8-5-6-9-17)26-22-21(23(28)31)30(15-18-10-3-2-4-11-18)24(27-22)29-13-7-12-19(25)16-29/h2-4,10-11,17,19H,5-9,12-16,25H2,1H3. The first-order chi connectivity index (χ1) is 15.1. The van der Waals surface area contributed by atoms with Gasteiger partial charge < -0.3 is 10.6 Å². The van der Waals surface area contributed by atoms with Gasteiger partial charge in [0, 0.05) is 32.6 Å². The summed E-state index contributed by atoms with van der Waals surface area (Å²) in [6.07, 6.45) is 7.95. The highest BCUT2D eigenvalue weighted by molar-refractivity contribution is 5.74. The maximum atomic E-state index is 13.5. The second-order valence-electron chi connectivity index (χ2n) is 9.25. The lowest BCUT2D eigenvalue weighted by Gasteiger charge is -2.31. The second kappa shape index (κ2) is 8.46. The van der Waals surface area contributed by atoms with Crippen molar-refractivity contribution in [1.82, 2.24) is 19.1 Å². The quantitative estimate of drug-likeness (QED) is 0.686. The van der Waals surface area contributed by atoms with Crippen LogP contribution in [0.2, 0.25) is 0 Å². The Hall–Kier alpha value is -2.67. The zero-order chi connectivity index (χ0) is 21.4. The topological polar surface area (TPSA) is 82.0 Å². The number of anilines is 1. The third kappa shape index (κ3) is 3.99. The highest BCUT2D eigenvalue weighted by atomic mass is 16.1. The zero-order valence-corrected chi connectivity index (χ0v) is 18.3. The van der Waals surface area contributed by atoms with Crippen LogP contribution in [-0.2, 0) is 20.0 Å². The number of hydrogen-bond acceptors (Lipinski definition) is 5. The molecule has 1 atom stereocenters. The Labute approximate surface area is 182 Å². The van der Waals surface area contributed by atoms with E-state index in [-0.39, 0.29) is 11.6 Å². The molecule has 1 aliphatic heterocycles. The smallest absolute Gasteiger partial charge is 0.279 e. The molecule has 31 heavy (non-hydrogen) atoms. The van der Waals surface area contributed by atoms with Gasteiger partial charge in [-0.25, -0.2) is 4.98 Å². The van der Waals surface area contributed by atoms with Gasteiger partial charge in [-0.05, 0) is 24.3 Å². The van der Waals surface area contributed by atoms with Crippen LogP contribution in [0.15, 0.2) is 35.1 Å². The van der Waals surface area contributed by atoms with Crippen LogP contribution < -0.4 is 16.2 Å². The molecule has 1 saturated carbocycles. The van der Waals surface area contributed by atoms with E-state index in [4.69, 9.17) is 15.7 Å². The highest BCUT2D eigenvalue weighted by Gasteiger charge is 2.26. The first kappa shape index (κ1) is 20.2. The molecule has 3 aromatic rings. The SMILES string of the molecule is Cn1c(CC2CCCC2)nc2nc(N3CCCC(N)C3)n(Cc3ccccc3)c2c1=O. The molecule has 0 spiro atoms. The maximum absolute atomic E-state index is 13.5. The average molecular weight is 421 g/mol. The summed E-state index contributed by atoms with van der Waals surface area (Å²) in [5.74, 6) is 2.30. The number of nitrogens with two attached hydrogens (primary N) is 1. The average Bonchev–Trinajstić information content (AvgIpc) is 3.41. The van der Waals surface area contributed by atoms with E-state index in [0.717, 1.165) is 49.7 Å². The molecule has 0 bridgehead atoms. The van der Waals surface area contributed by atoms with Crippen molar-refractivity contribution in [3.05, 3.63) is 52.1 Å². The van der Waals surface area contributed by atoms with Crippen LogP contribution in [0.1, 0.15) is 49.9 Å². The minimum Gasteiger partial charge on any atom is -0.341 e. The van der Waals surface area contributed by atoms with Gasteiger partial charge in [-0.3, -0.25) is 13.9 Å². The molecule has 0 amide bonds. The molecule has 2 N–H and O–H groups in total. The van der Waals surface area contributed by atoms with Crippen molar-refractivity contribution >= 4 is 17.1 Å². The molecule has 7 nitrogen and oxygen atoms in total. The van der Waals surface area contributed by atoms with Gasteiger partial charge in [0.15, 0.2) is 11.2 Å².